The second-order valence-corrected chi connectivity index (χ2v) is 5.49. The molecular formula is C17H12ClFN2O4. The second kappa shape index (κ2) is 6.90. The van der Waals surface area contributed by atoms with Crippen molar-refractivity contribution in [2.75, 3.05) is 7.11 Å². The summed E-state index contributed by atoms with van der Waals surface area (Å²) in [7, 11) is 1.16. The van der Waals surface area contributed by atoms with Crippen molar-refractivity contribution < 1.29 is 23.5 Å². The molecule has 0 bridgehead atoms. The van der Waals surface area contributed by atoms with Crippen LogP contribution in [0, 0.1) is 5.82 Å². The van der Waals surface area contributed by atoms with Crippen molar-refractivity contribution in [3.8, 4) is 0 Å². The van der Waals surface area contributed by atoms with E-state index >= 15 is 0 Å². The summed E-state index contributed by atoms with van der Waals surface area (Å²) in [6.45, 7) is 0. The first-order valence-electron chi connectivity index (χ1n) is 7.17. The van der Waals surface area contributed by atoms with Crippen LogP contribution in [0.25, 0.3) is 11.0 Å². The van der Waals surface area contributed by atoms with E-state index in [-0.39, 0.29) is 16.1 Å². The number of rotatable bonds is 4. The van der Waals surface area contributed by atoms with Crippen LogP contribution < -0.4 is 0 Å². The standard InChI is InChI=1S/C17H12ClFN2O4/c1-24-17(23)14(9-2-3-13(19)12(18)8-9)25-16(22)11-5-7-21-15-10(11)4-6-20-15/h2-8,14H,1H3,(H,20,21). The minimum Gasteiger partial charge on any atom is -0.466 e. The fourth-order valence-corrected chi connectivity index (χ4v) is 2.53. The predicted octanol–water partition coefficient (Wildman–Crippen LogP) is 3.43. The minimum absolute atomic E-state index is 0.195. The lowest BCUT2D eigenvalue weighted by atomic mass is 10.1. The number of nitrogens with one attached hydrogen (secondary N) is 1. The maximum absolute atomic E-state index is 13.3. The Kier molecular flexibility index (Phi) is 4.67. The smallest absolute Gasteiger partial charge is 0.351 e. The largest absolute Gasteiger partial charge is 0.466 e. The molecule has 6 nitrogen and oxygen atoms in total. The van der Waals surface area contributed by atoms with Gasteiger partial charge in [0.05, 0.1) is 17.7 Å². The molecule has 0 fully saturated rings. The molecule has 0 amide bonds. The molecule has 1 N–H and O–H groups in total. The Hall–Kier alpha value is -2.93. The number of aromatic nitrogens is 2. The van der Waals surface area contributed by atoms with Crippen LogP contribution in [0.2, 0.25) is 5.02 Å². The number of hydrogen-bond acceptors (Lipinski definition) is 5. The molecule has 0 aliphatic carbocycles. The van der Waals surface area contributed by atoms with Crippen LogP contribution in [0.4, 0.5) is 4.39 Å². The lowest BCUT2D eigenvalue weighted by Crippen LogP contribution is -2.21. The third-order valence-corrected chi connectivity index (χ3v) is 3.86. The highest BCUT2D eigenvalue weighted by Crippen LogP contribution is 2.26. The monoisotopic (exact) mass is 362 g/mol. The van der Waals surface area contributed by atoms with E-state index in [9.17, 15) is 14.0 Å². The van der Waals surface area contributed by atoms with E-state index in [1.807, 2.05) is 0 Å². The number of methoxy groups -OCH3 is 1. The molecule has 128 valence electrons. The third kappa shape index (κ3) is 3.32. The number of benzene rings is 1. The Bertz CT molecular complexity index is 957. The second-order valence-electron chi connectivity index (χ2n) is 5.08. The highest BCUT2D eigenvalue weighted by atomic mass is 35.5. The van der Waals surface area contributed by atoms with Crippen LogP contribution in [-0.2, 0) is 14.3 Å². The average Bonchev–Trinajstić information content (AvgIpc) is 3.10. The first-order valence-corrected chi connectivity index (χ1v) is 7.55. The molecular weight excluding hydrogens is 351 g/mol. The molecule has 0 radical (unpaired) electrons. The number of esters is 2. The molecule has 1 aromatic carbocycles. The number of hydrogen-bond donors (Lipinski definition) is 1. The first kappa shape index (κ1) is 16.9. The lowest BCUT2D eigenvalue weighted by Gasteiger charge is -2.16. The zero-order valence-corrected chi connectivity index (χ0v) is 13.7. The summed E-state index contributed by atoms with van der Waals surface area (Å²) < 4.78 is 23.3. The minimum atomic E-state index is -1.38. The van der Waals surface area contributed by atoms with Gasteiger partial charge in [-0.05, 0) is 24.3 Å². The van der Waals surface area contributed by atoms with Gasteiger partial charge in [0, 0.05) is 23.3 Å². The van der Waals surface area contributed by atoms with Crippen molar-refractivity contribution in [2.24, 2.45) is 0 Å². The third-order valence-electron chi connectivity index (χ3n) is 3.57. The molecule has 0 saturated heterocycles. The molecule has 0 saturated carbocycles. The summed E-state index contributed by atoms with van der Waals surface area (Å²) in [6, 6.07) is 6.74. The van der Waals surface area contributed by atoms with E-state index in [0.717, 1.165) is 13.2 Å². The van der Waals surface area contributed by atoms with Gasteiger partial charge in [-0.3, -0.25) is 0 Å². The molecule has 2 heterocycles. The Morgan fingerprint density at radius 2 is 2.08 bits per heavy atom. The van der Waals surface area contributed by atoms with E-state index in [0.29, 0.717) is 11.0 Å². The van der Waals surface area contributed by atoms with Crippen molar-refractivity contribution in [2.45, 2.75) is 6.10 Å². The molecule has 2 aromatic heterocycles. The van der Waals surface area contributed by atoms with Crippen LogP contribution in [0.1, 0.15) is 22.0 Å². The van der Waals surface area contributed by atoms with Gasteiger partial charge >= 0.3 is 11.9 Å². The molecule has 8 heteroatoms. The highest BCUT2D eigenvalue weighted by Gasteiger charge is 2.28. The van der Waals surface area contributed by atoms with E-state index in [1.54, 1.807) is 12.3 Å². The molecule has 0 aliphatic heterocycles. The summed E-state index contributed by atoms with van der Waals surface area (Å²) in [4.78, 5) is 31.5. The zero-order chi connectivity index (χ0) is 18.0. The van der Waals surface area contributed by atoms with Gasteiger partial charge in [-0.25, -0.2) is 19.0 Å². The molecule has 1 unspecified atom stereocenters. The first-order chi connectivity index (χ1) is 12.0. The number of carbonyl (C=O) groups is 2. The van der Waals surface area contributed by atoms with Crippen molar-refractivity contribution in [1.82, 2.24) is 9.97 Å². The molecule has 3 rings (SSSR count). The lowest BCUT2D eigenvalue weighted by molar-refractivity contribution is -0.151. The molecule has 25 heavy (non-hydrogen) atoms. The number of H-pyrrole nitrogens is 1. The Morgan fingerprint density at radius 3 is 2.80 bits per heavy atom. The highest BCUT2D eigenvalue weighted by molar-refractivity contribution is 6.30. The van der Waals surface area contributed by atoms with Crippen LogP contribution in [0.15, 0.2) is 42.7 Å². The van der Waals surface area contributed by atoms with Gasteiger partial charge in [-0.1, -0.05) is 17.7 Å². The van der Waals surface area contributed by atoms with Crippen molar-refractivity contribution in [3.63, 3.8) is 0 Å². The summed E-state index contributed by atoms with van der Waals surface area (Å²) in [6.07, 6.45) is 1.70. The number of pyridine rings is 1. The Labute approximate surface area is 146 Å². The van der Waals surface area contributed by atoms with Crippen LogP contribution >= 0.6 is 11.6 Å². The maximum Gasteiger partial charge on any atom is 0.351 e. The van der Waals surface area contributed by atoms with E-state index < -0.39 is 23.9 Å². The fraction of sp³-hybridized carbons (Fsp3) is 0.118. The van der Waals surface area contributed by atoms with E-state index in [2.05, 4.69) is 14.7 Å². The van der Waals surface area contributed by atoms with E-state index in [1.165, 1.54) is 24.4 Å². The van der Waals surface area contributed by atoms with Gasteiger partial charge in [-0.15, -0.1) is 0 Å². The average molecular weight is 363 g/mol. The Morgan fingerprint density at radius 1 is 1.28 bits per heavy atom. The van der Waals surface area contributed by atoms with E-state index in [4.69, 9.17) is 16.3 Å². The summed E-state index contributed by atoms with van der Waals surface area (Å²) >= 11 is 5.74. The summed E-state index contributed by atoms with van der Waals surface area (Å²) in [5.41, 5.74) is 0.938. The number of ether oxygens (including phenoxy) is 2. The Balaban J connectivity index is 1.95. The van der Waals surface area contributed by atoms with Crippen LogP contribution in [0.5, 0.6) is 0 Å². The van der Waals surface area contributed by atoms with Gasteiger partial charge in [0.15, 0.2) is 0 Å². The number of aromatic amines is 1. The molecule has 0 aliphatic rings. The number of nitrogens with zero attached hydrogens (tertiary/aromatic N) is 1. The number of halogens is 2. The fourth-order valence-electron chi connectivity index (χ4n) is 2.34. The van der Waals surface area contributed by atoms with Crippen molar-refractivity contribution in [3.05, 3.63) is 64.7 Å². The molecule has 3 aromatic rings. The van der Waals surface area contributed by atoms with Crippen molar-refractivity contribution in [1.29, 1.82) is 0 Å². The molecule has 0 spiro atoms. The normalized spacial score (nSPS) is 12.0. The van der Waals surface area contributed by atoms with Gasteiger partial charge < -0.3 is 14.5 Å². The van der Waals surface area contributed by atoms with Crippen molar-refractivity contribution >= 4 is 34.6 Å². The predicted molar refractivity (Wildman–Crippen MR) is 87.7 cm³/mol. The van der Waals surface area contributed by atoms with Crippen LogP contribution in [0.3, 0.4) is 0 Å². The van der Waals surface area contributed by atoms with Gasteiger partial charge in [0.1, 0.15) is 11.5 Å². The SMILES string of the molecule is COC(=O)C(OC(=O)c1ccnc2[nH]ccc12)c1ccc(F)c(Cl)c1. The topological polar surface area (TPSA) is 81.3 Å². The maximum atomic E-state index is 13.3. The van der Waals surface area contributed by atoms with Crippen LogP contribution in [-0.4, -0.2) is 29.0 Å². The molecule has 1 atom stereocenters. The number of fused-ring (bicyclic) bond motifs is 1. The zero-order valence-electron chi connectivity index (χ0n) is 13.0. The summed E-state index contributed by atoms with van der Waals surface area (Å²) in [5.74, 6) is -2.21. The van der Waals surface area contributed by atoms with Gasteiger partial charge in [0.25, 0.3) is 0 Å². The summed E-state index contributed by atoms with van der Waals surface area (Å²) in [5, 5.41) is 0.354. The number of carbonyl (C=O) groups excluding carboxylic acids is 2. The quantitative estimate of drug-likeness (QED) is 0.719. The van der Waals surface area contributed by atoms with Gasteiger partial charge in [0.2, 0.25) is 6.10 Å². The van der Waals surface area contributed by atoms with Gasteiger partial charge in [-0.2, -0.15) is 0 Å².